The lowest BCUT2D eigenvalue weighted by Crippen LogP contribution is -2.26. The second-order valence-corrected chi connectivity index (χ2v) is 4.30. The Bertz CT molecular complexity index is 334. The molecule has 0 saturated carbocycles. The maximum Gasteiger partial charge on any atom is 0.286 e. The van der Waals surface area contributed by atoms with Gasteiger partial charge >= 0.3 is 0 Å². The number of nitrogens with zero attached hydrogens (tertiary/aromatic N) is 1. The Morgan fingerprint density at radius 1 is 1.27 bits per heavy atom. The molecule has 0 heterocycles. The summed E-state index contributed by atoms with van der Waals surface area (Å²) in [7, 11) is 0. The molecule has 15 heavy (non-hydrogen) atoms. The van der Waals surface area contributed by atoms with Gasteiger partial charge < -0.3 is 4.90 Å². The lowest BCUT2D eigenvalue weighted by Gasteiger charge is -2.18. The molecule has 0 atom stereocenters. The van der Waals surface area contributed by atoms with Crippen LogP contribution in [-0.4, -0.2) is 23.2 Å². The Morgan fingerprint density at radius 2 is 1.87 bits per heavy atom. The lowest BCUT2D eigenvalue weighted by atomic mass is 10.2. The largest absolute Gasteiger partial charge is 0.334 e. The highest BCUT2D eigenvalue weighted by molar-refractivity contribution is 8.13. The molecule has 82 valence electrons. The summed E-state index contributed by atoms with van der Waals surface area (Å²) in [4.78, 5) is 14.7. The van der Waals surface area contributed by atoms with Crippen LogP contribution in [0, 0.1) is 6.92 Å². The summed E-state index contributed by atoms with van der Waals surface area (Å²) in [5, 5.41) is 0.134. The fourth-order valence-corrected chi connectivity index (χ4v) is 2.26. The standard InChI is InChI=1S/C12H17NOS/c1-4-13(5-2)12(14)15-11-9-7-6-8-10(11)3/h6-9H,4-5H2,1-3H3. The van der Waals surface area contributed by atoms with Gasteiger partial charge in [0.1, 0.15) is 0 Å². The van der Waals surface area contributed by atoms with Crippen molar-refractivity contribution in [2.45, 2.75) is 25.7 Å². The number of amides is 1. The molecule has 0 aliphatic carbocycles. The van der Waals surface area contributed by atoms with Crippen LogP contribution in [0.5, 0.6) is 0 Å². The number of carbonyl (C=O) groups excluding carboxylic acids is 1. The molecule has 0 saturated heterocycles. The molecule has 1 amide bonds. The van der Waals surface area contributed by atoms with E-state index in [1.165, 1.54) is 11.8 Å². The lowest BCUT2D eigenvalue weighted by molar-refractivity contribution is 0.228. The van der Waals surface area contributed by atoms with Crippen molar-refractivity contribution >= 4 is 17.0 Å². The molecule has 0 bridgehead atoms. The van der Waals surface area contributed by atoms with Gasteiger partial charge in [0.2, 0.25) is 0 Å². The molecule has 0 aliphatic rings. The predicted molar refractivity (Wildman–Crippen MR) is 65.4 cm³/mol. The summed E-state index contributed by atoms with van der Waals surface area (Å²) in [6, 6.07) is 7.96. The smallest absolute Gasteiger partial charge is 0.286 e. The third kappa shape index (κ3) is 3.27. The van der Waals surface area contributed by atoms with E-state index in [4.69, 9.17) is 0 Å². The third-order valence-corrected chi connectivity index (χ3v) is 3.42. The van der Waals surface area contributed by atoms with Crippen LogP contribution in [0.1, 0.15) is 19.4 Å². The van der Waals surface area contributed by atoms with E-state index >= 15 is 0 Å². The van der Waals surface area contributed by atoms with Crippen molar-refractivity contribution in [3.8, 4) is 0 Å². The molecular weight excluding hydrogens is 206 g/mol. The average molecular weight is 223 g/mol. The van der Waals surface area contributed by atoms with Crippen molar-refractivity contribution < 1.29 is 4.79 Å². The van der Waals surface area contributed by atoms with Crippen LogP contribution in [0.2, 0.25) is 0 Å². The van der Waals surface area contributed by atoms with Crippen LogP contribution in [0.15, 0.2) is 29.2 Å². The minimum Gasteiger partial charge on any atom is -0.334 e. The van der Waals surface area contributed by atoms with E-state index in [0.29, 0.717) is 0 Å². The maximum atomic E-state index is 11.8. The number of rotatable bonds is 3. The molecule has 0 spiro atoms. The molecule has 0 aromatic heterocycles. The van der Waals surface area contributed by atoms with Crippen LogP contribution in [0.25, 0.3) is 0 Å². The quantitative estimate of drug-likeness (QED) is 0.730. The van der Waals surface area contributed by atoms with Gasteiger partial charge in [-0.3, -0.25) is 4.79 Å². The molecule has 0 radical (unpaired) electrons. The summed E-state index contributed by atoms with van der Waals surface area (Å²) in [5.74, 6) is 0. The Hall–Kier alpha value is -0.960. The first-order chi connectivity index (χ1) is 7.19. The minimum atomic E-state index is 0.134. The van der Waals surface area contributed by atoms with E-state index < -0.39 is 0 Å². The van der Waals surface area contributed by atoms with Crippen molar-refractivity contribution in [3.05, 3.63) is 29.8 Å². The Kier molecular flexibility index (Phi) is 4.69. The number of hydrogen-bond donors (Lipinski definition) is 0. The van der Waals surface area contributed by atoms with E-state index in [1.54, 1.807) is 0 Å². The van der Waals surface area contributed by atoms with Gasteiger partial charge in [-0.2, -0.15) is 0 Å². The summed E-state index contributed by atoms with van der Waals surface area (Å²) in [6.07, 6.45) is 0. The zero-order chi connectivity index (χ0) is 11.3. The van der Waals surface area contributed by atoms with Crippen LogP contribution in [-0.2, 0) is 0 Å². The fourth-order valence-electron chi connectivity index (χ4n) is 1.31. The first kappa shape index (κ1) is 12.1. The first-order valence-electron chi connectivity index (χ1n) is 5.21. The van der Waals surface area contributed by atoms with E-state index in [1.807, 2.05) is 49.9 Å². The van der Waals surface area contributed by atoms with E-state index in [0.717, 1.165) is 23.5 Å². The first-order valence-corrected chi connectivity index (χ1v) is 6.03. The number of thioether (sulfide) groups is 1. The number of hydrogen-bond acceptors (Lipinski definition) is 2. The minimum absolute atomic E-state index is 0.134. The molecule has 0 aliphatic heterocycles. The molecule has 2 nitrogen and oxygen atoms in total. The molecule has 3 heteroatoms. The third-order valence-electron chi connectivity index (χ3n) is 2.31. The van der Waals surface area contributed by atoms with Crippen LogP contribution in [0.3, 0.4) is 0 Å². The zero-order valence-corrected chi connectivity index (χ0v) is 10.3. The highest BCUT2D eigenvalue weighted by Gasteiger charge is 2.11. The maximum absolute atomic E-state index is 11.8. The SMILES string of the molecule is CCN(CC)C(=O)Sc1ccccc1C. The van der Waals surface area contributed by atoms with Crippen molar-refractivity contribution in [1.82, 2.24) is 4.90 Å². The monoisotopic (exact) mass is 223 g/mol. The normalized spacial score (nSPS) is 10.1. The number of benzene rings is 1. The molecule has 1 rings (SSSR count). The van der Waals surface area contributed by atoms with E-state index in [-0.39, 0.29) is 5.24 Å². The van der Waals surface area contributed by atoms with Crippen molar-refractivity contribution in [2.24, 2.45) is 0 Å². The van der Waals surface area contributed by atoms with Gasteiger partial charge in [-0.25, -0.2) is 0 Å². The topological polar surface area (TPSA) is 20.3 Å². The highest BCUT2D eigenvalue weighted by Crippen LogP contribution is 2.24. The van der Waals surface area contributed by atoms with Crippen LogP contribution in [0.4, 0.5) is 4.79 Å². The van der Waals surface area contributed by atoms with Gasteiger partial charge in [-0.1, -0.05) is 18.2 Å². The molecule has 0 unspecified atom stereocenters. The van der Waals surface area contributed by atoms with Crippen LogP contribution < -0.4 is 0 Å². The summed E-state index contributed by atoms with van der Waals surface area (Å²) < 4.78 is 0. The van der Waals surface area contributed by atoms with E-state index in [2.05, 4.69) is 0 Å². The van der Waals surface area contributed by atoms with Crippen molar-refractivity contribution in [1.29, 1.82) is 0 Å². The second-order valence-electron chi connectivity index (χ2n) is 3.31. The van der Waals surface area contributed by atoms with Crippen molar-refractivity contribution in [3.63, 3.8) is 0 Å². The fraction of sp³-hybridized carbons (Fsp3) is 0.417. The molecule has 0 N–H and O–H groups in total. The van der Waals surface area contributed by atoms with Gasteiger partial charge in [-0.05, 0) is 44.2 Å². The Morgan fingerprint density at radius 3 is 2.40 bits per heavy atom. The Balaban J connectivity index is 2.70. The summed E-state index contributed by atoms with van der Waals surface area (Å²) in [6.45, 7) is 7.57. The highest BCUT2D eigenvalue weighted by atomic mass is 32.2. The molecule has 1 aromatic carbocycles. The average Bonchev–Trinajstić information content (AvgIpc) is 2.23. The predicted octanol–water partition coefficient (Wildman–Crippen LogP) is 3.55. The molecular formula is C12H17NOS. The molecule has 0 fully saturated rings. The van der Waals surface area contributed by atoms with Crippen molar-refractivity contribution in [2.75, 3.05) is 13.1 Å². The molecule has 1 aromatic rings. The zero-order valence-electron chi connectivity index (χ0n) is 9.49. The second kappa shape index (κ2) is 5.81. The van der Waals surface area contributed by atoms with Crippen LogP contribution >= 0.6 is 11.8 Å². The van der Waals surface area contributed by atoms with Gasteiger partial charge in [-0.15, -0.1) is 0 Å². The van der Waals surface area contributed by atoms with Gasteiger partial charge in [0.15, 0.2) is 0 Å². The van der Waals surface area contributed by atoms with E-state index in [9.17, 15) is 4.79 Å². The van der Waals surface area contributed by atoms with Gasteiger partial charge in [0.05, 0.1) is 0 Å². The number of aryl methyl sites for hydroxylation is 1. The number of carbonyl (C=O) groups is 1. The Labute approximate surface area is 95.7 Å². The summed E-state index contributed by atoms with van der Waals surface area (Å²) >= 11 is 1.31. The van der Waals surface area contributed by atoms with Gasteiger partial charge in [0.25, 0.3) is 5.24 Å². The summed E-state index contributed by atoms with van der Waals surface area (Å²) in [5.41, 5.74) is 1.16. The van der Waals surface area contributed by atoms with Gasteiger partial charge in [0, 0.05) is 18.0 Å².